The average Bonchev–Trinajstić information content (AvgIpc) is 2.88. The number of ether oxygens (including phenoxy) is 1. The Morgan fingerprint density at radius 1 is 1.28 bits per heavy atom. The van der Waals surface area contributed by atoms with E-state index in [1.807, 2.05) is 45.0 Å². The summed E-state index contributed by atoms with van der Waals surface area (Å²) in [6, 6.07) is 7.47. The Labute approximate surface area is 147 Å². The molecule has 1 aromatic carbocycles. The maximum atomic E-state index is 12.0. The van der Waals surface area contributed by atoms with Gasteiger partial charge in [0.15, 0.2) is 0 Å². The fourth-order valence-corrected chi connectivity index (χ4v) is 2.61. The quantitative estimate of drug-likeness (QED) is 0.844. The Bertz CT molecular complexity index is 649. The molecule has 1 saturated heterocycles. The third-order valence-electron chi connectivity index (χ3n) is 3.86. The van der Waals surface area contributed by atoms with E-state index in [9.17, 15) is 14.4 Å². The lowest BCUT2D eigenvalue weighted by Crippen LogP contribution is -2.33. The molecule has 1 unspecified atom stereocenters. The highest BCUT2D eigenvalue weighted by molar-refractivity contribution is 6.00. The lowest BCUT2D eigenvalue weighted by molar-refractivity contribution is -0.123. The van der Waals surface area contributed by atoms with Crippen LogP contribution in [0.15, 0.2) is 24.3 Å². The molecule has 136 valence electrons. The molecule has 1 aliphatic heterocycles. The predicted molar refractivity (Wildman–Crippen MR) is 94.0 cm³/mol. The minimum Gasteiger partial charge on any atom is -0.444 e. The summed E-state index contributed by atoms with van der Waals surface area (Å²) in [6.07, 6.45) is 0.373. The molecule has 0 radical (unpaired) electrons. The lowest BCUT2D eigenvalue weighted by Gasteiger charge is -2.19. The third kappa shape index (κ3) is 5.48. The predicted octanol–water partition coefficient (Wildman–Crippen LogP) is 1.59. The van der Waals surface area contributed by atoms with Crippen LogP contribution in [-0.2, 0) is 20.7 Å². The molecule has 1 atom stereocenters. The highest BCUT2D eigenvalue weighted by Gasteiger charge is 2.33. The van der Waals surface area contributed by atoms with E-state index in [4.69, 9.17) is 10.5 Å². The highest BCUT2D eigenvalue weighted by Crippen LogP contribution is 2.25. The molecule has 1 heterocycles. The second-order valence-electron chi connectivity index (χ2n) is 7.15. The summed E-state index contributed by atoms with van der Waals surface area (Å²) in [7, 11) is 0. The Hall–Kier alpha value is -2.57. The van der Waals surface area contributed by atoms with Gasteiger partial charge in [-0.15, -0.1) is 0 Å². The molecule has 0 aliphatic carbocycles. The molecular formula is C18H25N3O4. The monoisotopic (exact) mass is 347 g/mol. The Balaban J connectivity index is 1.85. The van der Waals surface area contributed by atoms with Crippen molar-refractivity contribution in [1.29, 1.82) is 0 Å². The van der Waals surface area contributed by atoms with Crippen LogP contribution in [0, 0.1) is 5.92 Å². The molecule has 3 N–H and O–H groups in total. The first kappa shape index (κ1) is 18.8. The molecule has 3 amide bonds. The molecule has 0 spiro atoms. The van der Waals surface area contributed by atoms with Crippen molar-refractivity contribution < 1.29 is 19.1 Å². The standard InChI is InChI=1S/C18H25N3O4/c1-18(2,3)25-17(24)20-9-8-12-4-6-14(7-5-12)21-11-13(16(19)23)10-15(21)22/h4-7,13H,8-11H2,1-3H3,(H2,19,23)(H,20,24). The second-order valence-corrected chi connectivity index (χ2v) is 7.15. The van der Waals surface area contributed by atoms with Gasteiger partial charge in [-0.05, 0) is 44.9 Å². The number of amides is 3. The number of hydrogen-bond acceptors (Lipinski definition) is 4. The first-order valence-corrected chi connectivity index (χ1v) is 8.31. The number of nitrogens with two attached hydrogens (primary N) is 1. The van der Waals surface area contributed by atoms with Gasteiger partial charge >= 0.3 is 6.09 Å². The topological polar surface area (TPSA) is 102 Å². The molecule has 0 bridgehead atoms. The summed E-state index contributed by atoms with van der Waals surface area (Å²) in [5.74, 6) is -0.964. The second kappa shape index (κ2) is 7.55. The van der Waals surface area contributed by atoms with E-state index in [-0.39, 0.29) is 12.3 Å². The zero-order valence-electron chi connectivity index (χ0n) is 14.9. The molecule has 2 rings (SSSR count). The van der Waals surface area contributed by atoms with Gasteiger partial charge < -0.3 is 20.7 Å². The van der Waals surface area contributed by atoms with Gasteiger partial charge in [-0.2, -0.15) is 0 Å². The van der Waals surface area contributed by atoms with Gasteiger partial charge in [0.25, 0.3) is 0 Å². The lowest BCUT2D eigenvalue weighted by atomic mass is 10.1. The number of benzene rings is 1. The number of anilines is 1. The van der Waals surface area contributed by atoms with Crippen molar-refractivity contribution in [2.45, 2.75) is 39.2 Å². The molecule has 7 nitrogen and oxygen atoms in total. The largest absolute Gasteiger partial charge is 0.444 e. The summed E-state index contributed by atoms with van der Waals surface area (Å²) in [5.41, 5.74) is 6.54. The number of primary amides is 1. The van der Waals surface area contributed by atoms with Crippen LogP contribution in [0.4, 0.5) is 10.5 Å². The number of alkyl carbamates (subject to hydrolysis) is 1. The average molecular weight is 347 g/mol. The zero-order chi connectivity index (χ0) is 18.6. The number of nitrogens with one attached hydrogen (secondary N) is 1. The molecule has 1 aliphatic rings. The summed E-state index contributed by atoms with van der Waals surface area (Å²) in [4.78, 5) is 36.4. The van der Waals surface area contributed by atoms with Gasteiger partial charge in [0.05, 0.1) is 5.92 Å². The van der Waals surface area contributed by atoms with Crippen molar-refractivity contribution in [3.63, 3.8) is 0 Å². The van der Waals surface area contributed by atoms with Crippen molar-refractivity contribution in [2.75, 3.05) is 18.0 Å². The van der Waals surface area contributed by atoms with Crippen LogP contribution in [0.2, 0.25) is 0 Å². The van der Waals surface area contributed by atoms with Crippen molar-refractivity contribution in [2.24, 2.45) is 11.7 Å². The molecular weight excluding hydrogens is 322 g/mol. The third-order valence-corrected chi connectivity index (χ3v) is 3.86. The minimum absolute atomic E-state index is 0.0943. The van der Waals surface area contributed by atoms with Crippen molar-refractivity contribution in [1.82, 2.24) is 5.32 Å². The van der Waals surface area contributed by atoms with E-state index >= 15 is 0 Å². The maximum Gasteiger partial charge on any atom is 0.407 e. The number of carbonyl (C=O) groups excluding carboxylic acids is 3. The van der Waals surface area contributed by atoms with Gasteiger partial charge in [0.1, 0.15) is 5.60 Å². The van der Waals surface area contributed by atoms with Crippen LogP contribution in [0.5, 0.6) is 0 Å². The molecule has 1 aromatic rings. The summed E-state index contributed by atoms with van der Waals surface area (Å²) in [5, 5.41) is 2.71. The SMILES string of the molecule is CC(C)(C)OC(=O)NCCc1ccc(N2CC(C(N)=O)CC2=O)cc1. The van der Waals surface area contributed by atoms with Gasteiger partial charge in [-0.25, -0.2) is 4.79 Å². The van der Waals surface area contributed by atoms with E-state index in [2.05, 4.69) is 5.32 Å². The molecule has 0 aromatic heterocycles. The van der Waals surface area contributed by atoms with E-state index in [0.717, 1.165) is 11.3 Å². The van der Waals surface area contributed by atoms with Crippen LogP contribution in [-0.4, -0.2) is 36.6 Å². The zero-order valence-corrected chi connectivity index (χ0v) is 14.9. The first-order valence-electron chi connectivity index (χ1n) is 8.31. The van der Waals surface area contributed by atoms with E-state index in [1.165, 1.54) is 0 Å². The van der Waals surface area contributed by atoms with Crippen LogP contribution in [0.25, 0.3) is 0 Å². The van der Waals surface area contributed by atoms with Gasteiger partial charge in [0, 0.05) is 25.2 Å². The Morgan fingerprint density at radius 3 is 2.44 bits per heavy atom. The molecule has 0 saturated carbocycles. The van der Waals surface area contributed by atoms with E-state index in [0.29, 0.717) is 19.5 Å². The van der Waals surface area contributed by atoms with Crippen molar-refractivity contribution in [3.05, 3.63) is 29.8 Å². The smallest absolute Gasteiger partial charge is 0.407 e. The Kier molecular flexibility index (Phi) is 5.66. The van der Waals surface area contributed by atoms with Crippen molar-refractivity contribution in [3.8, 4) is 0 Å². The van der Waals surface area contributed by atoms with Crippen LogP contribution in [0.3, 0.4) is 0 Å². The first-order chi connectivity index (χ1) is 11.7. The van der Waals surface area contributed by atoms with Crippen LogP contribution >= 0.6 is 0 Å². The summed E-state index contributed by atoms with van der Waals surface area (Å²) >= 11 is 0. The van der Waals surface area contributed by atoms with Gasteiger partial charge in [-0.3, -0.25) is 9.59 Å². The van der Waals surface area contributed by atoms with E-state index < -0.39 is 23.5 Å². The number of rotatable bonds is 5. The normalized spacial score (nSPS) is 17.5. The molecule has 7 heteroatoms. The number of hydrogen-bond donors (Lipinski definition) is 2. The van der Waals surface area contributed by atoms with E-state index in [1.54, 1.807) is 4.90 Å². The van der Waals surface area contributed by atoms with Crippen LogP contribution < -0.4 is 16.0 Å². The van der Waals surface area contributed by atoms with Gasteiger partial charge in [-0.1, -0.05) is 12.1 Å². The molecule has 1 fully saturated rings. The summed E-state index contributed by atoms with van der Waals surface area (Å²) in [6.45, 7) is 6.23. The molecule has 25 heavy (non-hydrogen) atoms. The Morgan fingerprint density at radius 2 is 1.92 bits per heavy atom. The van der Waals surface area contributed by atoms with Crippen LogP contribution in [0.1, 0.15) is 32.8 Å². The number of nitrogens with zero attached hydrogens (tertiary/aromatic N) is 1. The van der Waals surface area contributed by atoms with Gasteiger partial charge in [0.2, 0.25) is 11.8 Å². The fraction of sp³-hybridized carbons (Fsp3) is 0.500. The minimum atomic E-state index is -0.517. The highest BCUT2D eigenvalue weighted by atomic mass is 16.6. The summed E-state index contributed by atoms with van der Waals surface area (Å²) < 4.78 is 5.17. The fourth-order valence-electron chi connectivity index (χ4n) is 2.61. The maximum absolute atomic E-state index is 12.0. The van der Waals surface area contributed by atoms with Crippen molar-refractivity contribution >= 4 is 23.6 Å². The number of carbonyl (C=O) groups is 3.